The lowest BCUT2D eigenvalue weighted by Gasteiger charge is -2.33. The minimum absolute atomic E-state index is 0.160. The molecule has 10 nitrogen and oxygen atoms in total. The maximum absolute atomic E-state index is 11.3. The van der Waals surface area contributed by atoms with Crippen LogP contribution in [-0.4, -0.2) is 66.3 Å². The Balaban J connectivity index is 5.79. The molecule has 0 amide bonds. The minimum atomic E-state index is -1.64. The van der Waals surface area contributed by atoms with E-state index in [2.05, 4.69) is 0 Å². The number of aldehydes is 1. The van der Waals surface area contributed by atoms with E-state index in [1.807, 2.05) is 0 Å². The molecule has 0 bridgehead atoms. The monoisotopic (exact) mass is 348 g/mol. The Kier molecular flexibility index (Phi) is 9.25. The van der Waals surface area contributed by atoms with Gasteiger partial charge in [0.25, 0.3) is 0 Å². The van der Waals surface area contributed by atoms with Gasteiger partial charge in [-0.2, -0.15) is 0 Å². The van der Waals surface area contributed by atoms with E-state index >= 15 is 0 Å². The predicted octanol–water partition coefficient (Wildman–Crippen LogP) is -1.10. The largest absolute Gasteiger partial charge is 0.456 e. The smallest absolute Gasteiger partial charge is 0.303 e. The first kappa shape index (κ1) is 21.5. The number of aliphatic hydroxyl groups is 1. The third-order valence-electron chi connectivity index (χ3n) is 2.55. The number of hydrogen-bond donors (Lipinski definition) is 1. The van der Waals surface area contributed by atoms with E-state index in [-0.39, 0.29) is 6.29 Å². The molecule has 1 N–H and O–H groups in total. The van der Waals surface area contributed by atoms with Crippen molar-refractivity contribution in [2.24, 2.45) is 0 Å². The fourth-order valence-corrected chi connectivity index (χ4v) is 1.84. The van der Waals surface area contributed by atoms with Crippen LogP contribution in [-0.2, 0) is 42.9 Å². The molecule has 0 fully saturated rings. The van der Waals surface area contributed by atoms with Crippen LogP contribution in [0.15, 0.2) is 0 Å². The van der Waals surface area contributed by atoms with Crippen LogP contribution in [0.25, 0.3) is 0 Å². The highest BCUT2D eigenvalue weighted by atomic mass is 16.6. The first-order valence-electron chi connectivity index (χ1n) is 6.87. The Morgan fingerprint density at radius 1 is 0.792 bits per heavy atom. The lowest BCUT2D eigenvalue weighted by atomic mass is 10.0. The number of hydrogen-bond acceptors (Lipinski definition) is 10. The zero-order valence-corrected chi connectivity index (χ0v) is 13.7. The summed E-state index contributed by atoms with van der Waals surface area (Å²) in [5, 5.41) is 9.37. The van der Waals surface area contributed by atoms with Gasteiger partial charge in [-0.3, -0.25) is 24.0 Å². The maximum atomic E-state index is 11.3. The molecule has 24 heavy (non-hydrogen) atoms. The molecule has 0 aliphatic heterocycles. The third kappa shape index (κ3) is 7.68. The molecule has 4 atom stereocenters. The number of rotatable bonds is 9. The van der Waals surface area contributed by atoms with E-state index < -0.39 is 54.9 Å². The van der Waals surface area contributed by atoms with Crippen molar-refractivity contribution in [1.82, 2.24) is 0 Å². The quantitative estimate of drug-likeness (QED) is 0.310. The van der Waals surface area contributed by atoms with Crippen LogP contribution in [0.3, 0.4) is 0 Å². The summed E-state index contributed by atoms with van der Waals surface area (Å²) in [6.07, 6.45) is -6.12. The van der Waals surface area contributed by atoms with Gasteiger partial charge in [0.1, 0.15) is 0 Å². The van der Waals surface area contributed by atoms with Gasteiger partial charge in [-0.1, -0.05) is 0 Å². The Morgan fingerprint density at radius 2 is 1.21 bits per heavy atom. The molecule has 10 heteroatoms. The average Bonchev–Trinajstić information content (AvgIpc) is 2.45. The highest BCUT2D eigenvalue weighted by molar-refractivity contribution is 5.72. The van der Waals surface area contributed by atoms with Crippen LogP contribution in [0.1, 0.15) is 27.7 Å². The molecule has 0 heterocycles. The van der Waals surface area contributed by atoms with Crippen LogP contribution >= 0.6 is 0 Å². The molecule has 0 radical (unpaired) electrons. The molecule has 0 saturated carbocycles. The Bertz CT molecular complexity index is 486. The molecule has 4 unspecified atom stereocenters. The van der Waals surface area contributed by atoms with Crippen LogP contribution in [0.5, 0.6) is 0 Å². The molecular weight excluding hydrogens is 328 g/mol. The van der Waals surface area contributed by atoms with E-state index in [9.17, 15) is 29.1 Å². The SMILES string of the molecule is CC(=O)OC(C=O)C(OC(C)=O)C(OC(C)=O)C(CO)OC(C)=O. The Hall–Kier alpha value is -2.49. The summed E-state index contributed by atoms with van der Waals surface area (Å²) in [5.74, 6) is -3.42. The first-order valence-corrected chi connectivity index (χ1v) is 6.87. The van der Waals surface area contributed by atoms with Crippen molar-refractivity contribution >= 4 is 30.2 Å². The number of carbonyl (C=O) groups excluding carboxylic acids is 5. The summed E-state index contributed by atoms with van der Waals surface area (Å²) in [4.78, 5) is 56.0. The maximum Gasteiger partial charge on any atom is 0.303 e. The second kappa shape index (κ2) is 10.3. The van der Waals surface area contributed by atoms with Gasteiger partial charge in [0.05, 0.1) is 6.61 Å². The number of esters is 4. The van der Waals surface area contributed by atoms with Crippen LogP contribution < -0.4 is 0 Å². The Morgan fingerprint density at radius 3 is 1.54 bits per heavy atom. The molecule has 0 aromatic carbocycles. The number of ether oxygens (including phenoxy) is 4. The van der Waals surface area contributed by atoms with E-state index in [0.29, 0.717) is 0 Å². The van der Waals surface area contributed by atoms with E-state index in [1.165, 1.54) is 0 Å². The summed E-state index contributed by atoms with van der Waals surface area (Å²) in [6.45, 7) is 3.27. The molecule has 0 aliphatic rings. The van der Waals surface area contributed by atoms with E-state index in [4.69, 9.17) is 18.9 Å². The highest BCUT2D eigenvalue weighted by Crippen LogP contribution is 2.18. The van der Waals surface area contributed by atoms with Gasteiger partial charge >= 0.3 is 23.9 Å². The number of aliphatic hydroxyl groups excluding tert-OH is 1. The Labute approximate surface area is 138 Å². The standard InChI is InChI=1S/C14H20O10/c1-7(17)21-11(5-15)13(23-9(3)19)14(24-10(4)20)12(6-16)22-8(2)18/h5,11-14,16H,6H2,1-4H3. The molecule has 0 saturated heterocycles. The second-order valence-electron chi connectivity index (χ2n) is 4.69. The topological polar surface area (TPSA) is 143 Å². The zero-order chi connectivity index (χ0) is 18.9. The summed E-state index contributed by atoms with van der Waals surface area (Å²) < 4.78 is 19.4. The number of carbonyl (C=O) groups is 5. The molecule has 0 aliphatic carbocycles. The molecular formula is C14H20O10. The van der Waals surface area contributed by atoms with Gasteiger partial charge in [-0.25, -0.2) is 0 Å². The first-order chi connectivity index (χ1) is 11.1. The van der Waals surface area contributed by atoms with Gasteiger partial charge in [-0.05, 0) is 0 Å². The van der Waals surface area contributed by atoms with Crippen LogP contribution in [0.2, 0.25) is 0 Å². The fourth-order valence-electron chi connectivity index (χ4n) is 1.84. The van der Waals surface area contributed by atoms with Gasteiger partial charge < -0.3 is 24.1 Å². The van der Waals surface area contributed by atoms with Crippen molar-refractivity contribution in [2.75, 3.05) is 6.61 Å². The summed E-state index contributed by atoms with van der Waals surface area (Å²) in [7, 11) is 0. The van der Waals surface area contributed by atoms with Gasteiger partial charge in [-0.15, -0.1) is 0 Å². The van der Waals surface area contributed by atoms with Gasteiger partial charge in [0.2, 0.25) is 0 Å². The highest BCUT2D eigenvalue weighted by Gasteiger charge is 2.43. The molecule has 0 aromatic heterocycles. The summed E-state index contributed by atoms with van der Waals surface area (Å²) in [5.41, 5.74) is 0. The van der Waals surface area contributed by atoms with E-state index in [1.54, 1.807) is 0 Å². The van der Waals surface area contributed by atoms with E-state index in [0.717, 1.165) is 27.7 Å². The summed E-state index contributed by atoms with van der Waals surface area (Å²) in [6, 6.07) is 0. The average molecular weight is 348 g/mol. The summed E-state index contributed by atoms with van der Waals surface area (Å²) >= 11 is 0. The second-order valence-corrected chi connectivity index (χ2v) is 4.69. The molecule has 0 aromatic rings. The van der Waals surface area contributed by atoms with Crippen molar-refractivity contribution in [3.8, 4) is 0 Å². The van der Waals surface area contributed by atoms with Crippen molar-refractivity contribution in [3.05, 3.63) is 0 Å². The molecule has 0 spiro atoms. The predicted molar refractivity (Wildman–Crippen MR) is 75.4 cm³/mol. The lowest BCUT2D eigenvalue weighted by molar-refractivity contribution is -0.199. The minimum Gasteiger partial charge on any atom is -0.456 e. The fraction of sp³-hybridized carbons (Fsp3) is 0.643. The molecule has 0 rings (SSSR count). The molecule has 136 valence electrons. The van der Waals surface area contributed by atoms with Crippen molar-refractivity contribution < 1.29 is 48.0 Å². The van der Waals surface area contributed by atoms with Crippen LogP contribution in [0.4, 0.5) is 0 Å². The van der Waals surface area contributed by atoms with Gasteiger partial charge in [0, 0.05) is 27.7 Å². The lowest BCUT2D eigenvalue weighted by Crippen LogP contribution is -2.53. The van der Waals surface area contributed by atoms with Crippen LogP contribution in [0, 0.1) is 0 Å². The normalized spacial score (nSPS) is 15.2. The van der Waals surface area contributed by atoms with Crippen molar-refractivity contribution in [1.29, 1.82) is 0 Å². The van der Waals surface area contributed by atoms with Crippen molar-refractivity contribution in [2.45, 2.75) is 52.1 Å². The third-order valence-corrected chi connectivity index (χ3v) is 2.55. The van der Waals surface area contributed by atoms with Crippen molar-refractivity contribution in [3.63, 3.8) is 0 Å². The van der Waals surface area contributed by atoms with Gasteiger partial charge in [0.15, 0.2) is 30.7 Å². The zero-order valence-electron chi connectivity index (χ0n) is 13.7.